The Balaban J connectivity index is 1.67. The molecule has 1 heterocycles. The number of nitrogens with zero attached hydrogens (tertiary/aromatic N) is 3. The Labute approximate surface area is 191 Å². The van der Waals surface area contributed by atoms with E-state index in [0.717, 1.165) is 11.1 Å². The predicted molar refractivity (Wildman–Crippen MR) is 124 cm³/mol. The topological polar surface area (TPSA) is 111 Å². The number of esters is 1. The molecule has 4 rings (SSSR count). The van der Waals surface area contributed by atoms with Crippen LogP contribution in [0.25, 0.3) is 22.5 Å². The average Bonchev–Trinajstić information content (AvgIpc) is 2.85. The minimum atomic E-state index is -4.01. The average molecular weight is 461 g/mol. The number of benzene rings is 3. The molecule has 9 heteroatoms. The highest BCUT2D eigenvalue weighted by Gasteiger charge is 2.20. The zero-order valence-corrected chi connectivity index (χ0v) is 18.5. The van der Waals surface area contributed by atoms with Gasteiger partial charge in [-0.2, -0.15) is 0 Å². The predicted octanol–water partition coefficient (Wildman–Crippen LogP) is 4.18. The lowest BCUT2D eigenvalue weighted by Crippen LogP contribution is -2.16. The Bertz CT molecular complexity index is 1360. The Hall–Kier alpha value is -4.11. The molecule has 0 aliphatic rings. The fraction of sp³-hybridized carbons (Fsp3) is 0.0833. The minimum Gasteiger partial charge on any atom is -0.462 e. The molecule has 0 atom stereocenters. The molecule has 0 fully saturated rings. The summed E-state index contributed by atoms with van der Waals surface area (Å²) < 4.78 is 33.0. The van der Waals surface area contributed by atoms with Crippen molar-refractivity contribution in [3.8, 4) is 22.5 Å². The van der Waals surface area contributed by atoms with E-state index >= 15 is 0 Å². The second kappa shape index (κ2) is 9.58. The van der Waals surface area contributed by atoms with Crippen molar-refractivity contribution < 1.29 is 17.9 Å². The van der Waals surface area contributed by atoms with E-state index in [1.165, 1.54) is 24.3 Å². The van der Waals surface area contributed by atoms with E-state index in [0.29, 0.717) is 11.4 Å². The van der Waals surface area contributed by atoms with Crippen LogP contribution < -0.4 is 4.72 Å². The Morgan fingerprint density at radius 3 is 1.97 bits per heavy atom. The maximum Gasteiger partial charge on any atom is 0.338 e. The molecule has 0 unspecified atom stereocenters. The first kappa shape index (κ1) is 22.1. The second-order valence-electron chi connectivity index (χ2n) is 6.92. The Morgan fingerprint density at radius 2 is 1.39 bits per heavy atom. The van der Waals surface area contributed by atoms with Crippen molar-refractivity contribution in [2.24, 2.45) is 0 Å². The molecule has 33 heavy (non-hydrogen) atoms. The molecule has 8 nitrogen and oxygen atoms in total. The van der Waals surface area contributed by atoms with Gasteiger partial charge in [0.25, 0.3) is 16.0 Å². The third-order valence-electron chi connectivity index (χ3n) is 4.68. The summed E-state index contributed by atoms with van der Waals surface area (Å²) in [7, 11) is -4.01. The Morgan fingerprint density at radius 1 is 0.818 bits per heavy atom. The molecule has 0 aliphatic carbocycles. The van der Waals surface area contributed by atoms with Crippen molar-refractivity contribution in [3.63, 3.8) is 0 Å². The molecule has 166 valence electrons. The number of rotatable bonds is 7. The zero-order chi connectivity index (χ0) is 23.3. The molecular weight excluding hydrogens is 440 g/mol. The van der Waals surface area contributed by atoms with Crippen LogP contribution >= 0.6 is 0 Å². The van der Waals surface area contributed by atoms with Gasteiger partial charge in [0.2, 0.25) is 0 Å². The highest BCUT2D eigenvalue weighted by atomic mass is 32.2. The van der Waals surface area contributed by atoms with Gasteiger partial charge < -0.3 is 4.74 Å². The van der Waals surface area contributed by atoms with Crippen LogP contribution in [0.15, 0.2) is 89.8 Å². The fourth-order valence-corrected chi connectivity index (χ4v) is 4.06. The summed E-state index contributed by atoms with van der Waals surface area (Å²) in [6.45, 7) is 1.93. The lowest BCUT2D eigenvalue weighted by molar-refractivity contribution is 0.0526. The van der Waals surface area contributed by atoms with Gasteiger partial charge in [0.15, 0.2) is 0 Å². The van der Waals surface area contributed by atoms with Crippen LogP contribution in [-0.2, 0) is 14.8 Å². The molecule has 4 aromatic rings. The molecular formula is C24H20N4O4S. The van der Waals surface area contributed by atoms with Gasteiger partial charge in [-0.25, -0.2) is 22.9 Å². The molecule has 1 aromatic heterocycles. The number of hydrogen-bond acceptors (Lipinski definition) is 7. The van der Waals surface area contributed by atoms with Crippen molar-refractivity contribution in [2.75, 3.05) is 11.3 Å². The van der Waals surface area contributed by atoms with E-state index in [2.05, 4.69) is 19.9 Å². The quantitative estimate of drug-likeness (QED) is 0.412. The lowest BCUT2D eigenvalue weighted by Gasteiger charge is -2.11. The molecule has 3 aromatic carbocycles. The van der Waals surface area contributed by atoms with Gasteiger partial charge in [-0.1, -0.05) is 60.7 Å². The molecule has 0 bridgehead atoms. The first-order valence-corrected chi connectivity index (χ1v) is 11.6. The largest absolute Gasteiger partial charge is 0.462 e. The normalized spacial score (nSPS) is 11.1. The van der Waals surface area contributed by atoms with Gasteiger partial charge in [0, 0.05) is 11.1 Å². The number of carbonyl (C=O) groups excluding carboxylic acids is 1. The molecule has 0 aliphatic heterocycles. The van der Waals surface area contributed by atoms with Crippen LogP contribution in [0.4, 0.5) is 5.95 Å². The Kier molecular flexibility index (Phi) is 6.41. The summed E-state index contributed by atoms with van der Waals surface area (Å²) in [5.74, 6) is -0.686. The first-order valence-electron chi connectivity index (χ1n) is 10.1. The van der Waals surface area contributed by atoms with E-state index in [1.807, 2.05) is 60.7 Å². The fourth-order valence-electron chi connectivity index (χ4n) is 3.12. The number of ether oxygens (including phenoxy) is 1. The SMILES string of the molecule is CCOC(=O)c1ccc(S(=O)(=O)Nc2nnc(-c3ccccc3)c(-c3ccccc3)n2)cc1. The summed E-state index contributed by atoms with van der Waals surface area (Å²) in [5.41, 5.74) is 2.86. The summed E-state index contributed by atoms with van der Waals surface area (Å²) in [6.07, 6.45) is 0. The second-order valence-corrected chi connectivity index (χ2v) is 8.60. The van der Waals surface area contributed by atoms with Gasteiger partial charge in [0.1, 0.15) is 11.4 Å². The maximum atomic E-state index is 12.9. The van der Waals surface area contributed by atoms with Crippen molar-refractivity contribution in [1.29, 1.82) is 0 Å². The van der Waals surface area contributed by atoms with Gasteiger partial charge in [-0.3, -0.25) is 0 Å². The smallest absolute Gasteiger partial charge is 0.338 e. The third-order valence-corrected chi connectivity index (χ3v) is 6.03. The van der Waals surface area contributed by atoms with E-state index in [9.17, 15) is 13.2 Å². The van der Waals surface area contributed by atoms with Gasteiger partial charge in [0.05, 0.1) is 17.1 Å². The summed E-state index contributed by atoms with van der Waals surface area (Å²) >= 11 is 0. The van der Waals surface area contributed by atoms with Crippen LogP contribution in [-0.4, -0.2) is 36.2 Å². The number of anilines is 1. The van der Waals surface area contributed by atoms with E-state index < -0.39 is 16.0 Å². The monoisotopic (exact) mass is 460 g/mol. The summed E-state index contributed by atoms with van der Waals surface area (Å²) in [5, 5.41) is 8.26. The maximum absolute atomic E-state index is 12.9. The van der Waals surface area contributed by atoms with Gasteiger partial charge in [-0.05, 0) is 31.2 Å². The summed E-state index contributed by atoms with van der Waals surface area (Å²) in [6, 6.07) is 24.2. The molecule has 0 radical (unpaired) electrons. The van der Waals surface area contributed by atoms with E-state index in [-0.39, 0.29) is 23.0 Å². The highest BCUT2D eigenvalue weighted by Crippen LogP contribution is 2.29. The first-order chi connectivity index (χ1) is 16.0. The summed E-state index contributed by atoms with van der Waals surface area (Å²) in [4.78, 5) is 16.2. The van der Waals surface area contributed by atoms with Crippen LogP contribution in [0, 0.1) is 0 Å². The third kappa shape index (κ3) is 5.04. The zero-order valence-electron chi connectivity index (χ0n) is 17.7. The van der Waals surface area contributed by atoms with Gasteiger partial charge in [-0.15, -0.1) is 10.2 Å². The molecule has 0 saturated carbocycles. The van der Waals surface area contributed by atoms with Crippen LogP contribution in [0.2, 0.25) is 0 Å². The van der Waals surface area contributed by atoms with Crippen LogP contribution in [0.5, 0.6) is 0 Å². The molecule has 1 N–H and O–H groups in total. The van der Waals surface area contributed by atoms with Crippen molar-refractivity contribution in [3.05, 3.63) is 90.5 Å². The molecule has 0 amide bonds. The number of hydrogen-bond donors (Lipinski definition) is 1. The standard InChI is InChI=1S/C24H20N4O4S/c1-2-32-23(29)19-13-15-20(16-14-19)33(30,31)28-24-25-21(17-9-5-3-6-10-17)22(26-27-24)18-11-7-4-8-12-18/h3-16H,2H2,1H3,(H,25,27,28). The molecule has 0 spiro atoms. The van der Waals surface area contributed by atoms with E-state index in [4.69, 9.17) is 4.74 Å². The number of nitrogens with one attached hydrogen (secondary N) is 1. The highest BCUT2D eigenvalue weighted by molar-refractivity contribution is 7.92. The van der Waals surface area contributed by atoms with Gasteiger partial charge >= 0.3 is 5.97 Å². The van der Waals surface area contributed by atoms with Crippen molar-refractivity contribution >= 4 is 21.9 Å². The number of sulfonamides is 1. The van der Waals surface area contributed by atoms with Crippen molar-refractivity contribution in [1.82, 2.24) is 15.2 Å². The van der Waals surface area contributed by atoms with E-state index in [1.54, 1.807) is 6.92 Å². The van der Waals surface area contributed by atoms with Crippen LogP contribution in [0.1, 0.15) is 17.3 Å². The number of carbonyl (C=O) groups is 1. The van der Waals surface area contributed by atoms with Crippen molar-refractivity contribution in [2.45, 2.75) is 11.8 Å². The number of aromatic nitrogens is 3. The molecule has 0 saturated heterocycles. The minimum absolute atomic E-state index is 0.0486. The lowest BCUT2D eigenvalue weighted by atomic mass is 10.0. The van der Waals surface area contributed by atoms with Crippen LogP contribution in [0.3, 0.4) is 0 Å².